The summed E-state index contributed by atoms with van der Waals surface area (Å²) in [5.41, 5.74) is 6.42. The number of amides is 2. The second kappa shape index (κ2) is 8.55. The summed E-state index contributed by atoms with van der Waals surface area (Å²) in [5, 5.41) is 4.93. The Morgan fingerprint density at radius 2 is 1.76 bits per heavy atom. The minimum absolute atomic E-state index is 0.0535. The van der Waals surface area contributed by atoms with Crippen LogP contribution in [0.25, 0.3) is 10.8 Å². The number of hydrazine groups is 1. The average molecular weight is 394 g/mol. The summed E-state index contributed by atoms with van der Waals surface area (Å²) in [7, 11) is 0. The van der Waals surface area contributed by atoms with Crippen LogP contribution in [0.5, 0.6) is 5.75 Å². The van der Waals surface area contributed by atoms with Crippen molar-refractivity contribution in [3.8, 4) is 5.75 Å². The molecule has 1 aromatic heterocycles. The third-order valence-electron chi connectivity index (χ3n) is 4.61. The van der Waals surface area contributed by atoms with Crippen LogP contribution < -0.4 is 21.1 Å². The number of fused-ring (bicyclic) bond motifs is 1. The van der Waals surface area contributed by atoms with Gasteiger partial charge in [0.05, 0.1) is 5.39 Å². The van der Waals surface area contributed by atoms with Gasteiger partial charge in [-0.25, -0.2) is 4.68 Å². The standard InChI is InChI=1S/C21H22N4O4/c1-4-25-21(28)16-10-6-5-9-15(16)19(24-25)20(27)23-22-18(26)12-29-17-11-7-8-13(2)14(17)3/h5-11H,4,12H2,1-3H3,(H,22,26)(H,23,27). The number of hydrogen-bond acceptors (Lipinski definition) is 5. The fraction of sp³-hybridized carbons (Fsp3) is 0.238. The van der Waals surface area contributed by atoms with Crippen LogP contribution in [0.2, 0.25) is 0 Å². The molecule has 0 bridgehead atoms. The fourth-order valence-corrected chi connectivity index (χ4v) is 2.86. The van der Waals surface area contributed by atoms with E-state index in [1.807, 2.05) is 26.0 Å². The van der Waals surface area contributed by atoms with Gasteiger partial charge < -0.3 is 4.74 Å². The van der Waals surface area contributed by atoms with Crippen LogP contribution in [-0.2, 0) is 11.3 Å². The number of carbonyl (C=O) groups excluding carboxylic acids is 2. The molecule has 0 saturated heterocycles. The maximum Gasteiger partial charge on any atom is 0.290 e. The highest BCUT2D eigenvalue weighted by Crippen LogP contribution is 2.20. The number of benzene rings is 2. The largest absolute Gasteiger partial charge is 0.483 e. The van der Waals surface area contributed by atoms with E-state index in [1.54, 1.807) is 37.3 Å². The Kier molecular flexibility index (Phi) is 5.92. The van der Waals surface area contributed by atoms with E-state index in [0.29, 0.717) is 23.1 Å². The van der Waals surface area contributed by atoms with Crippen LogP contribution >= 0.6 is 0 Å². The van der Waals surface area contributed by atoms with Gasteiger partial charge in [-0.2, -0.15) is 5.10 Å². The van der Waals surface area contributed by atoms with E-state index < -0.39 is 11.8 Å². The predicted octanol–water partition coefficient (Wildman–Crippen LogP) is 1.87. The molecule has 0 aliphatic carbocycles. The van der Waals surface area contributed by atoms with Crippen LogP contribution in [-0.4, -0.2) is 28.2 Å². The van der Waals surface area contributed by atoms with Gasteiger partial charge in [0.1, 0.15) is 5.75 Å². The van der Waals surface area contributed by atoms with Crippen molar-refractivity contribution in [1.82, 2.24) is 20.6 Å². The van der Waals surface area contributed by atoms with Crippen LogP contribution in [0.15, 0.2) is 47.3 Å². The molecule has 2 N–H and O–H groups in total. The molecule has 29 heavy (non-hydrogen) atoms. The molecule has 150 valence electrons. The molecule has 0 aliphatic heterocycles. The lowest BCUT2D eigenvalue weighted by atomic mass is 10.1. The van der Waals surface area contributed by atoms with Crippen LogP contribution in [0, 0.1) is 13.8 Å². The van der Waals surface area contributed by atoms with Crippen molar-refractivity contribution in [3.05, 3.63) is 69.6 Å². The van der Waals surface area contributed by atoms with Gasteiger partial charge in [-0.15, -0.1) is 0 Å². The summed E-state index contributed by atoms with van der Waals surface area (Å²) in [4.78, 5) is 37.0. The zero-order valence-corrected chi connectivity index (χ0v) is 16.5. The van der Waals surface area contributed by atoms with E-state index in [4.69, 9.17) is 4.74 Å². The van der Waals surface area contributed by atoms with Crippen LogP contribution in [0.1, 0.15) is 28.5 Å². The lowest BCUT2D eigenvalue weighted by Crippen LogP contribution is -2.44. The number of nitrogens with zero attached hydrogens (tertiary/aromatic N) is 2. The SMILES string of the molecule is CCn1nc(C(=O)NNC(=O)COc2cccc(C)c2C)c2ccccc2c1=O. The lowest BCUT2D eigenvalue weighted by molar-refractivity contribution is -0.123. The third-order valence-corrected chi connectivity index (χ3v) is 4.61. The maximum absolute atomic E-state index is 12.6. The van der Waals surface area contributed by atoms with E-state index in [9.17, 15) is 14.4 Å². The molecule has 8 nitrogen and oxygen atoms in total. The lowest BCUT2D eigenvalue weighted by Gasteiger charge is -2.12. The number of rotatable bonds is 5. The summed E-state index contributed by atoms with van der Waals surface area (Å²) < 4.78 is 6.73. The highest BCUT2D eigenvalue weighted by atomic mass is 16.5. The van der Waals surface area contributed by atoms with Gasteiger partial charge in [0, 0.05) is 11.9 Å². The normalized spacial score (nSPS) is 10.6. The van der Waals surface area contributed by atoms with Crippen LogP contribution in [0.4, 0.5) is 0 Å². The Bertz CT molecular complexity index is 1140. The number of nitrogens with one attached hydrogen (secondary N) is 2. The predicted molar refractivity (Wildman–Crippen MR) is 109 cm³/mol. The summed E-state index contributed by atoms with van der Waals surface area (Å²) in [6.07, 6.45) is 0. The fourth-order valence-electron chi connectivity index (χ4n) is 2.86. The molecule has 0 unspecified atom stereocenters. The summed E-state index contributed by atoms with van der Waals surface area (Å²) in [6.45, 7) is 5.68. The molecule has 3 rings (SSSR count). The Morgan fingerprint density at radius 1 is 1.03 bits per heavy atom. The zero-order valence-electron chi connectivity index (χ0n) is 16.5. The molecule has 0 saturated carbocycles. The molecule has 3 aromatic rings. The quantitative estimate of drug-likeness (QED) is 0.643. The van der Waals surface area contributed by atoms with E-state index in [0.717, 1.165) is 11.1 Å². The molecule has 0 radical (unpaired) electrons. The molecule has 8 heteroatoms. The second-order valence-electron chi connectivity index (χ2n) is 6.50. The number of aryl methyl sites for hydroxylation is 2. The molecule has 2 aromatic carbocycles. The molecule has 0 aliphatic rings. The molecule has 2 amide bonds. The van der Waals surface area contributed by atoms with Gasteiger partial charge in [-0.05, 0) is 44.0 Å². The van der Waals surface area contributed by atoms with Crippen LogP contribution in [0.3, 0.4) is 0 Å². The maximum atomic E-state index is 12.6. The zero-order chi connectivity index (χ0) is 21.0. The molecule has 0 spiro atoms. The molecular formula is C21H22N4O4. The summed E-state index contributed by atoms with van der Waals surface area (Å²) >= 11 is 0. The third kappa shape index (κ3) is 4.26. The molecule has 1 heterocycles. The number of ether oxygens (including phenoxy) is 1. The van der Waals surface area contributed by atoms with Gasteiger partial charge >= 0.3 is 0 Å². The first-order valence-corrected chi connectivity index (χ1v) is 9.20. The van der Waals surface area contributed by atoms with Gasteiger partial charge in [-0.3, -0.25) is 25.2 Å². The number of carbonyl (C=O) groups is 2. The first kappa shape index (κ1) is 20.1. The smallest absolute Gasteiger partial charge is 0.290 e. The monoisotopic (exact) mass is 394 g/mol. The summed E-state index contributed by atoms with van der Waals surface area (Å²) in [5.74, 6) is -0.537. The van der Waals surface area contributed by atoms with Gasteiger partial charge in [-0.1, -0.05) is 30.3 Å². The Hall–Kier alpha value is -3.68. The number of aromatic nitrogens is 2. The van der Waals surface area contributed by atoms with Crippen molar-refractivity contribution in [1.29, 1.82) is 0 Å². The Morgan fingerprint density at radius 3 is 2.48 bits per heavy atom. The van der Waals surface area contributed by atoms with Crippen molar-refractivity contribution >= 4 is 22.6 Å². The second-order valence-corrected chi connectivity index (χ2v) is 6.50. The minimum Gasteiger partial charge on any atom is -0.483 e. The van der Waals surface area contributed by atoms with Crippen molar-refractivity contribution in [3.63, 3.8) is 0 Å². The van der Waals surface area contributed by atoms with Gasteiger partial charge in [0.2, 0.25) is 0 Å². The number of hydrogen-bond donors (Lipinski definition) is 2. The van der Waals surface area contributed by atoms with Crippen molar-refractivity contribution in [2.24, 2.45) is 0 Å². The average Bonchev–Trinajstić information content (AvgIpc) is 2.73. The van der Waals surface area contributed by atoms with E-state index >= 15 is 0 Å². The Labute approximate surface area is 167 Å². The Balaban J connectivity index is 1.69. The first-order valence-electron chi connectivity index (χ1n) is 9.20. The van der Waals surface area contributed by atoms with Crippen molar-refractivity contribution < 1.29 is 14.3 Å². The van der Waals surface area contributed by atoms with Gasteiger partial charge in [0.15, 0.2) is 12.3 Å². The molecular weight excluding hydrogens is 372 g/mol. The van der Waals surface area contributed by atoms with E-state index in [2.05, 4.69) is 16.0 Å². The highest BCUT2D eigenvalue weighted by Gasteiger charge is 2.17. The first-order chi connectivity index (χ1) is 13.9. The molecule has 0 atom stereocenters. The highest BCUT2D eigenvalue weighted by molar-refractivity contribution is 6.05. The summed E-state index contributed by atoms with van der Waals surface area (Å²) in [6, 6.07) is 12.3. The minimum atomic E-state index is -0.622. The van der Waals surface area contributed by atoms with Crippen molar-refractivity contribution in [2.75, 3.05) is 6.61 Å². The van der Waals surface area contributed by atoms with E-state index in [1.165, 1.54) is 4.68 Å². The topological polar surface area (TPSA) is 102 Å². The van der Waals surface area contributed by atoms with E-state index in [-0.39, 0.29) is 17.9 Å². The molecule has 0 fully saturated rings. The van der Waals surface area contributed by atoms with Crippen molar-refractivity contribution in [2.45, 2.75) is 27.3 Å². The van der Waals surface area contributed by atoms with Gasteiger partial charge in [0.25, 0.3) is 17.4 Å².